The van der Waals surface area contributed by atoms with Crippen LogP contribution in [0.2, 0.25) is 0 Å². The van der Waals surface area contributed by atoms with E-state index in [1.54, 1.807) is 12.3 Å². The molecule has 0 fully saturated rings. The van der Waals surface area contributed by atoms with Crippen LogP contribution in [0.3, 0.4) is 0 Å². The Kier molecular flexibility index (Phi) is 4.96. The second kappa shape index (κ2) is 6.54. The third kappa shape index (κ3) is 4.79. The van der Waals surface area contributed by atoms with Gasteiger partial charge >= 0.3 is 0 Å². The molecule has 1 heterocycles. The van der Waals surface area contributed by atoms with Crippen molar-refractivity contribution in [2.75, 3.05) is 5.32 Å². The predicted molar refractivity (Wildman–Crippen MR) is 88.2 cm³/mol. The fourth-order valence-electron chi connectivity index (χ4n) is 1.74. The minimum atomic E-state index is -0.322. The summed E-state index contributed by atoms with van der Waals surface area (Å²) in [7, 11) is 0. The Bertz CT molecular complexity index is 606. The van der Waals surface area contributed by atoms with E-state index in [0.29, 0.717) is 12.1 Å². The van der Waals surface area contributed by atoms with Crippen LogP contribution < -0.4 is 10.6 Å². The predicted octanol–water partition coefficient (Wildman–Crippen LogP) is 4.61. The number of rotatable bonds is 4. The van der Waals surface area contributed by atoms with Gasteiger partial charge in [0.1, 0.15) is 0 Å². The number of aromatic nitrogens is 1. The van der Waals surface area contributed by atoms with E-state index >= 15 is 0 Å². The average Bonchev–Trinajstić information content (AvgIpc) is 2.41. The van der Waals surface area contributed by atoms with Crippen molar-refractivity contribution in [1.29, 1.82) is 0 Å². The van der Waals surface area contributed by atoms with Gasteiger partial charge in [0.15, 0.2) is 11.6 Å². The molecule has 2 aromatic rings. The number of hydrogen-bond acceptors (Lipinski definition) is 3. The Morgan fingerprint density at radius 2 is 1.81 bits per heavy atom. The maximum atomic E-state index is 14.4. The van der Waals surface area contributed by atoms with Crippen LogP contribution in [0, 0.1) is 5.82 Å². The number of nitrogens with zero attached hydrogens (tertiary/aromatic N) is 1. The summed E-state index contributed by atoms with van der Waals surface area (Å²) in [6, 6.07) is 9.22. The number of hydrogen-bond donors (Lipinski definition) is 2. The van der Waals surface area contributed by atoms with E-state index in [1.165, 1.54) is 0 Å². The van der Waals surface area contributed by atoms with Gasteiger partial charge in [-0.25, -0.2) is 9.37 Å². The first-order valence-corrected chi connectivity index (χ1v) is 7.55. The summed E-state index contributed by atoms with van der Waals surface area (Å²) in [6.45, 7) is 6.61. The van der Waals surface area contributed by atoms with E-state index in [4.69, 9.17) is 0 Å². The molecule has 0 unspecified atom stereocenters. The van der Waals surface area contributed by atoms with Crippen molar-refractivity contribution in [3.63, 3.8) is 0 Å². The Labute approximate surface area is 133 Å². The smallest absolute Gasteiger partial charge is 0.170 e. The lowest BCUT2D eigenvalue weighted by atomic mass is 10.1. The van der Waals surface area contributed by atoms with Gasteiger partial charge in [0, 0.05) is 34.0 Å². The van der Waals surface area contributed by atoms with Gasteiger partial charge in [-0.2, -0.15) is 0 Å². The van der Waals surface area contributed by atoms with E-state index in [-0.39, 0.29) is 17.2 Å². The highest BCUT2D eigenvalue weighted by Crippen LogP contribution is 2.22. The van der Waals surface area contributed by atoms with Crippen LogP contribution in [0.1, 0.15) is 26.3 Å². The molecule has 2 rings (SSSR count). The van der Waals surface area contributed by atoms with Crippen molar-refractivity contribution in [2.45, 2.75) is 32.9 Å². The summed E-state index contributed by atoms with van der Waals surface area (Å²) in [5.74, 6) is -0.0808. The minimum Gasteiger partial charge on any atom is -0.338 e. The zero-order chi connectivity index (χ0) is 15.5. The van der Waals surface area contributed by atoms with Gasteiger partial charge < -0.3 is 10.6 Å². The molecule has 0 radical (unpaired) electrons. The summed E-state index contributed by atoms with van der Waals surface area (Å²) in [6.07, 6.45) is 1.62. The number of benzene rings is 1. The second-order valence-electron chi connectivity index (χ2n) is 5.87. The molecule has 0 aliphatic heterocycles. The van der Waals surface area contributed by atoms with Crippen molar-refractivity contribution >= 4 is 27.4 Å². The van der Waals surface area contributed by atoms with E-state index in [1.807, 2.05) is 45.0 Å². The van der Waals surface area contributed by atoms with Gasteiger partial charge in [-0.3, -0.25) is 0 Å². The van der Waals surface area contributed by atoms with Crippen LogP contribution in [0.25, 0.3) is 0 Å². The van der Waals surface area contributed by atoms with Gasteiger partial charge in [-0.05, 0) is 51.1 Å². The Morgan fingerprint density at radius 3 is 2.43 bits per heavy atom. The number of anilines is 2. The van der Waals surface area contributed by atoms with Crippen LogP contribution >= 0.6 is 15.9 Å². The molecule has 21 heavy (non-hydrogen) atoms. The van der Waals surface area contributed by atoms with E-state index in [0.717, 1.165) is 10.2 Å². The molecular weight excluding hydrogens is 333 g/mol. The monoisotopic (exact) mass is 351 g/mol. The molecule has 1 aromatic carbocycles. The average molecular weight is 352 g/mol. The first-order valence-electron chi connectivity index (χ1n) is 6.76. The fraction of sp³-hybridized carbons (Fsp3) is 0.312. The lowest BCUT2D eigenvalue weighted by Crippen LogP contribution is -2.35. The van der Waals surface area contributed by atoms with Gasteiger partial charge in [0.05, 0.1) is 0 Å². The topological polar surface area (TPSA) is 37.0 Å². The highest BCUT2D eigenvalue weighted by molar-refractivity contribution is 9.10. The van der Waals surface area contributed by atoms with Crippen LogP contribution in [-0.2, 0) is 6.54 Å². The van der Waals surface area contributed by atoms with Crippen LogP contribution in [0.5, 0.6) is 0 Å². The largest absolute Gasteiger partial charge is 0.338 e. The van der Waals surface area contributed by atoms with E-state index < -0.39 is 0 Å². The second-order valence-corrected chi connectivity index (χ2v) is 6.78. The molecule has 112 valence electrons. The zero-order valence-corrected chi connectivity index (χ0v) is 14.0. The quantitative estimate of drug-likeness (QED) is 0.843. The molecular formula is C16H19BrFN3. The molecule has 0 amide bonds. The first-order chi connectivity index (χ1) is 9.85. The maximum absolute atomic E-state index is 14.4. The lowest BCUT2D eigenvalue weighted by Gasteiger charge is -2.21. The minimum absolute atomic E-state index is 0.0605. The van der Waals surface area contributed by atoms with Crippen molar-refractivity contribution in [2.24, 2.45) is 0 Å². The molecule has 0 bridgehead atoms. The van der Waals surface area contributed by atoms with Crippen molar-refractivity contribution < 1.29 is 4.39 Å². The molecule has 1 aromatic heterocycles. The lowest BCUT2D eigenvalue weighted by molar-refractivity contribution is 0.418. The molecule has 3 nitrogen and oxygen atoms in total. The van der Waals surface area contributed by atoms with Gasteiger partial charge in [-0.15, -0.1) is 0 Å². The van der Waals surface area contributed by atoms with Gasteiger partial charge in [-0.1, -0.05) is 15.9 Å². The summed E-state index contributed by atoms with van der Waals surface area (Å²) in [4.78, 5) is 4.08. The van der Waals surface area contributed by atoms with E-state index in [9.17, 15) is 4.39 Å². The summed E-state index contributed by atoms with van der Waals surface area (Å²) < 4.78 is 15.4. The van der Waals surface area contributed by atoms with Crippen LogP contribution in [-0.4, -0.2) is 10.5 Å². The van der Waals surface area contributed by atoms with Crippen molar-refractivity contribution in [3.05, 3.63) is 52.4 Å². The molecule has 0 saturated carbocycles. The standard InChI is InChI=1S/C16H19BrFN3/c1-16(2,3)20-10-11-8-9-19-15(14(11)18)21-13-6-4-12(17)5-7-13/h4-9,20H,10H2,1-3H3,(H,19,21). The molecule has 2 N–H and O–H groups in total. The zero-order valence-electron chi connectivity index (χ0n) is 12.4. The normalized spacial score (nSPS) is 11.5. The molecule has 0 spiro atoms. The van der Waals surface area contributed by atoms with Crippen molar-refractivity contribution in [1.82, 2.24) is 10.3 Å². The van der Waals surface area contributed by atoms with Crippen molar-refractivity contribution in [3.8, 4) is 0 Å². The summed E-state index contributed by atoms with van der Waals surface area (Å²) >= 11 is 3.37. The Hall–Kier alpha value is -1.46. The van der Waals surface area contributed by atoms with Gasteiger partial charge in [0.2, 0.25) is 0 Å². The number of halogens is 2. The SMILES string of the molecule is CC(C)(C)NCc1ccnc(Nc2ccc(Br)cc2)c1F. The van der Waals surface area contributed by atoms with Gasteiger partial charge in [0.25, 0.3) is 0 Å². The molecule has 0 aliphatic carbocycles. The molecule has 0 saturated heterocycles. The van der Waals surface area contributed by atoms with E-state index in [2.05, 4.69) is 31.5 Å². The Balaban J connectivity index is 2.15. The van der Waals surface area contributed by atoms with Crippen LogP contribution in [0.15, 0.2) is 41.0 Å². The first kappa shape index (κ1) is 15.9. The highest BCUT2D eigenvalue weighted by Gasteiger charge is 2.13. The number of pyridine rings is 1. The summed E-state index contributed by atoms with van der Waals surface area (Å²) in [5.41, 5.74) is 1.33. The fourth-order valence-corrected chi connectivity index (χ4v) is 2.00. The highest BCUT2D eigenvalue weighted by atomic mass is 79.9. The third-order valence-corrected chi connectivity index (χ3v) is 3.41. The maximum Gasteiger partial charge on any atom is 0.170 e. The molecule has 0 aliphatic rings. The van der Waals surface area contributed by atoms with Crippen LogP contribution in [0.4, 0.5) is 15.9 Å². The third-order valence-electron chi connectivity index (χ3n) is 2.89. The molecule has 5 heteroatoms. The number of nitrogens with one attached hydrogen (secondary N) is 2. The summed E-state index contributed by atoms with van der Waals surface area (Å²) in [5, 5.41) is 6.28. The molecule has 0 atom stereocenters. The Morgan fingerprint density at radius 1 is 1.14 bits per heavy atom.